The van der Waals surface area contributed by atoms with E-state index in [0.29, 0.717) is 44.6 Å². The Kier molecular flexibility index (Phi) is 11.1. The van der Waals surface area contributed by atoms with Gasteiger partial charge in [-0.25, -0.2) is 0 Å². The second-order valence-corrected chi connectivity index (χ2v) is 17.1. The van der Waals surface area contributed by atoms with Gasteiger partial charge in [-0.3, -0.25) is 4.79 Å². The summed E-state index contributed by atoms with van der Waals surface area (Å²) in [6, 6.07) is 0. The minimum Gasteiger partial charge on any atom is -0.392 e. The molecule has 0 aromatic rings. The molecule has 52 heavy (non-hydrogen) atoms. The summed E-state index contributed by atoms with van der Waals surface area (Å²) in [6.07, 6.45) is 5.67. The van der Waals surface area contributed by atoms with Crippen molar-refractivity contribution in [3.63, 3.8) is 0 Å². The van der Waals surface area contributed by atoms with Crippen molar-refractivity contribution < 1.29 is 52.5 Å². The van der Waals surface area contributed by atoms with Gasteiger partial charge in [0.2, 0.25) is 0 Å². The molecule has 12 heteroatoms. The number of aliphatic hydroxyl groups excluding tert-OH is 1. The molecule has 0 spiro atoms. The molecule has 0 aromatic heterocycles. The molecule has 3 N–H and O–H groups in total. The predicted molar refractivity (Wildman–Crippen MR) is 188 cm³/mol. The second kappa shape index (κ2) is 15.3. The zero-order valence-corrected chi connectivity index (χ0v) is 31.2. The molecular formula is C40H61NO11. The highest BCUT2D eigenvalue weighted by atomic mass is 16.8. The van der Waals surface area contributed by atoms with Crippen LogP contribution in [-0.2, 0) is 47.4 Å². The lowest BCUT2D eigenvalue weighted by Gasteiger charge is -2.47. The first-order valence-electron chi connectivity index (χ1n) is 20.1. The molecule has 9 rings (SSSR count). The SMILES string of the molecule is C=C1COC(CCC2OC(CCC34CC5OC6C(OC7CCC(CC(=O)CC8C(C)OC(CC(O)CN)C8OC)OC7C6O3)C5O4)CC2=C)CC1C. The lowest BCUT2D eigenvalue weighted by Crippen LogP contribution is -2.61. The van der Waals surface area contributed by atoms with Crippen LogP contribution in [0.5, 0.6) is 0 Å². The van der Waals surface area contributed by atoms with E-state index in [0.717, 1.165) is 50.5 Å². The van der Waals surface area contributed by atoms with E-state index in [1.54, 1.807) is 7.11 Å². The summed E-state index contributed by atoms with van der Waals surface area (Å²) in [5.41, 5.74) is 7.99. The number of hydrogen-bond acceptors (Lipinski definition) is 12. The highest BCUT2D eigenvalue weighted by molar-refractivity contribution is 5.79. The van der Waals surface area contributed by atoms with Crippen LogP contribution >= 0.6 is 0 Å². The van der Waals surface area contributed by atoms with Crippen LogP contribution in [0, 0.1) is 11.8 Å². The maximum Gasteiger partial charge on any atom is 0.172 e. The molecule has 9 fully saturated rings. The van der Waals surface area contributed by atoms with Crippen LogP contribution in [0.3, 0.4) is 0 Å². The van der Waals surface area contributed by atoms with Gasteiger partial charge in [0.1, 0.15) is 36.3 Å². The van der Waals surface area contributed by atoms with E-state index in [1.165, 1.54) is 5.57 Å². The first-order chi connectivity index (χ1) is 25.0. The van der Waals surface area contributed by atoms with Gasteiger partial charge in [-0.15, -0.1) is 0 Å². The molecule has 12 nitrogen and oxygen atoms in total. The van der Waals surface area contributed by atoms with Crippen molar-refractivity contribution in [2.75, 3.05) is 20.3 Å². The zero-order valence-electron chi connectivity index (χ0n) is 31.2. The molecule has 18 unspecified atom stereocenters. The third kappa shape index (κ3) is 7.36. The van der Waals surface area contributed by atoms with Gasteiger partial charge < -0.3 is 53.5 Å². The molecule has 292 valence electrons. The molecule has 0 aliphatic carbocycles. The number of nitrogens with two attached hydrogens (primary N) is 1. The minimum atomic E-state index is -0.785. The Labute approximate surface area is 308 Å². The van der Waals surface area contributed by atoms with Crippen LogP contribution in [0.25, 0.3) is 0 Å². The predicted octanol–water partition coefficient (Wildman–Crippen LogP) is 3.69. The average Bonchev–Trinajstić information content (AvgIpc) is 3.79. The van der Waals surface area contributed by atoms with E-state index < -0.39 is 11.9 Å². The first kappa shape index (κ1) is 37.6. The molecule has 0 saturated carbocycles. The molecule has 0 amide bonds. The standard InChI is InChI=1S/C40H61NO11/c1-20-12-26(45-19-22(20)3)6-8-30-21(2)13-28(47-30)10-11-40-17-33-36(51-40)37-38(50-33)39(52-40)35-31(49-37)9-7-27(48-35)14-24(42)15-29-23(4)46-32(34(29)44-5)16-25(43)18-41/h20,23,25-39,43H,2-3,6-19,41H2,1,4-5H3. The summed E-state index contributed by atoms with van der Waals surface area (Å²) >= 11 is 0. The number of carbonyl (C=O) groups excluding carboxylic acids is 1. The zero-order chi connectivity index (χ0) is 36.3. The van der Waals surface area contributed by atoms with Gasteiger partial charge >= 0.3 is 0 Å². The van der Waals surface area contributed by atoms with Gasteiger partial charge in [-0.2, -0.15) is 0 Å². The van der Waals surface area contributed by atoms with Gasteiger partial charge in [0.25, 0.3) is 0 Å². The van der Waals surface area contributed by atoms with E-state index >= 15 is 0 Å². The molecule has 9 aliphatic heterocycles. The molecular weight excluding hydrogens is 670 g/mol. The number of carbonyl (C=O) groups is 1. The van der Waals surface area contributed by atoms with Crippen LogP contribution < -0.4 is 5.73 Å². The molecule has 6 bridgehead atoms. The fourth-order valence-corrected chi connectivity index (χ4v) is 10.5. The topological polar surface area (TPSA) is 146 Å². The Bertz CT molecular complexity index is 1330. The highest BCUT2D eigenvalue weighted by Crippen LogP contribution is 2.54. The van der Waals surface area contributed by atoms with Gasteiger partial charge in [-0.1, -0.05) is 20.1 Å². The normalized spacial score (nSPS) is 48.6. The summed E-state index contributed by atoms with van der Waals surface area (Å²) in [5, 5.41) is 10.1. The maximum absolute atomic E-state index is 13.5. The quantitative estimate of drug-likeness (QED) is 0.252. The molecule has 9 aliphatic rings. The number of aliphatic hydroxyl groups is 1. The Hall–Kier alpha value is -1.29. The second-order valence-electron chi connectivity index (χ2n) is 17.1. The number of rotatable bonds is 14. The lowest BCUT2D eigenvalue weighted by atomic mass is 9.85. The summed E-state index contributed by atoms with van der Waals surface area (Å²) < 4.78 is 58.2. The van der Waals surface area contributed by atoms with Crippen LogP contribution in [0.4, 0.5) is 0 Å². The third-order valence-electron chi connectivity index (χ3n) is 13.5. The molecule has 9 saturated heterocycles. The maximum atomic E-state index is 13.5. The van der Waals surface area contributed by atoms with Crippen molar-refractivity contribution in [1.82, 2.24) is 0 Å². The Morgan fingerprint density at radius 2 is 1.69 bits per heavy atom. The van der Waals surface area contributed by atoms with Crippen molar-refractivity contribution in [3.05, 3.63) is 24.3 Å². The van der Waals surface area contributed by atoms with Gasteiger partial charge in [0.15, 0.2) is 5.79 Å². The van der Waals surface area contributed by atoms with Gasteiger partial charge in [-0.05, 0) is 68.9 Å². The third-order valence-corrected chi connectivity index (χ3v) is 13.5. The largest absolute Gasteiger partial charge is 0.392 e. The molecule has 18 atom stereocenters. The Morgan fingerprint density at radius 3 is 2.48 bits per heavy atom. The van der Waals surface area contributed by atoms with Crippen LogP contribution in [-0.4, -0.2) is 128 Å². The number of hydrogen-bond donors (Lipinski definition) is 2. The Morgan fingerprint density at radius 1 is 0.904 bits per heavy atom. The number of ether oxygens (including phenoxy) is 9. The fourth-order valence-electron chi connectivity index (χ4n) is 10.5. The first-order valence-corrected chi connectivity index (χ1v) is 20.1. The van der Waals surface area contributed by atoms with E-state index in [4.69, 9.17) is 48.4 Å². The van der Waals surface area contributed by atoms with Crippen molar-refractivity contribution in [1.29, 1.82) is 0 Å². The van der Waals surface area contributed by atoms with Crippen molar-refractivity contribution in [2.24, 2.45) is 17.6 Å². The summed E-state index contributed by atoms with van der Waals surface area (Å²) in [6.45, 7) is 13.5. The summed E-state index contributed by atoms with van der Waals surface area (Å²) in [5.74, 6) is -0.275. The average molecular weight is 732 g/mol. The van der Waals surface area contributed by atoms with Crippen molar-refractivity contribution in [3.8, 4) is 0 Å². The monoisotopic (exact) mass is 731 g/mol. The number of fused-ring (bicyclic) bond motifs is 1. The Balaban J connectivity index is 0.859. The molecule has 0 radical (unpaired) electrons. The van der Waals surface area contributed by atoms with Gasteiger partial charge in [0.05, 0.1) is 67.6 Å². The number of methoxy groups -OCH3 is 1. The fraction of sp³-hybridized carbons (Fsp3) is 0.875. The van der Waals surface area contributed by atoms with Crippen LogP contribution in [0.2, 0.25) is 0 Å². The number of ketones is 1. The molecule has 0 aromatic carbocycles. The minimum absolute atomic E-state index is 0.0499. The van der Waals surface area contributed by atoms with E-state index in [1.807, 2.05) is 6.92 Å². The van der Waals surface area contributed by atoms with E-state index in [-0.39, 0.29) is 104 Å². The van der Waals surface area contributed by atoms with Crippen molar-refractivity contribution >= 4 is 5.78 Å². The van der Waals surface area contributed by atoms with E-state index in [2.05, 4.69) is 20.1 Å². The lowest BCUT2D eigenvalue weighted by molar-refractivity contribution is -0.292. The molecule has 9 heterocycles. The smallest absolute Gasteiger partial charge is 0.172 e. The van der Waals surface area contributed by atoms with Gasteiger partial charge in [0, 0.05) is 51.7 Å². The van der Waals surface area contributed by atoms with Crippen molar-refractivity contribution in [2.45, 2.75) is 188 Å². The van der Waals surface area contributed by atoms with Crippen LogP contribution in [0.15, 0.2) is 24.3 Å². The summed E-state index contributed by atoms with van der Waals surface area (Å²) in [7, 11) is 1.64. The summed E-state index contributed by atoms with van der Waals surface area (Å²) in [4.78, 5) is 13.5. The van der Waals surface area contributed by atoms with Crippen LogP contribution in [0.1, 0.15) is 90.9 Å². The van der Waals surface area contributed by atoms with E-state index in [9.17, 15) is 9.90 Å². The highest BCUT2D eigenvalue weighted by Gasteiger charge is 2.68. The number of Topliss-reactive ketones (excluding diaryl/α,β-unsaturated/α-hetero) is 1.